The molecule has 0 spiro atoms. The minimum Gasteiger partial charge on any atom is -0.297 e. The van der Waals surface area contributed by atoms with Crippen LogP contribution in [0.5, 0.6) is 0 Å². The lowest BCUT2D eigenvalue weighted by molar-refractivity contribution is 0.249. The lowest BCUT2D eigenvalue weighted by Crippen LogP contribution is -2.29. The molecule has 2 aliphatic rings. The second-order valence-electron chi connectivity index (χ2n) is 4.05. The number of unbranched alkanes of at least 4 members (excludes halogenated alkanes) is 1. The van der Waals surface area contributed by atoms with Crippen molar-refractivity contribution in [3.8, 4) is 0 Å². The Bertz CT molecular complexity index is 113. The van der Waals surface area contributed by atoms with Crippen LogP contribution in [-0.2, 0) is 0 Å². The van der Waals surface area contributed by atoms with Gasteiger partial charge >= 0.3 is 0 Å². The second kappa shape index (κ2) is 3.14. The van der Waals surface area contributed by atoms with E-state index in [1.807, 2.05) is 0 Å². The number of nitrogens with zero attached hydrogens (tertiary/aromatic N) is 1. The molecule has 1 heteroatoms. The molecule has 0 heterocycles. The first-order chi connectivity index (χ1) is 5.42. The Kier molecular flexibility index (Phi) is 2.17. The Morgan fingerprint density at radius 1 is 1.09 bits per heavy atom. The molecular weight excluding hydrogens is 134 g/mol. The fourth-order valence-electron chi connectivity index (χ4n) is 1.82. The molecule has 1 nitrogen and oxygen atoms in total. The first-order valence-corrected chi connectivity index (χ1v) is 5.17. The highest BCUT2D eigenvalue weighted by molar-refractivity contribution is 4.94. The van der Waals surface area contributed by atoms with E-state index in [2.05, 4.69) is 11.8 Å². The van der Waals surface area contributed by atoms with Gasteiger partial charge < -0.3 is 0 Å². The van der Waals surface area contributed by atoms with E-state index in [0.29, 0.717) is 0 Å². The zero-order valence-electron chi connectivity index (χ0n) is 7.55. The normalized spacial score (nSPS) is 24.5. The molecule has 2 rings (SSSR count). The van der Waals surface area contributed by atoms with E-state index in [4.69, 9.17) is 0 Å². The molecule has 0 aromatic rings. The van der Waals surface area contributed by atoms with E-state index in [1.165, 1.54) is 45.1 Å². The van der Waals surface area contributed by atoms with Gasteiger partial charge in [0.2, 0.25) is 0 Å². The molecule has 0 bridgehead atoms. The maximum atomic E-state index is 2.77. The van der Waals surface area contributed by atoms with Crippen molar-refractivity contribution >= 4 is 0 Å². The van der Waals surface area contributed by atoms with E-state index in [9.17, 15) is 0 Å². The summed E-state index contributed by atoms with van der Waals surface area (Å²) in [4.78, 5) is 2.77. The van der Waals surface area contributed by atoms with Crippen molar-refractivity contribution < 1.29 is 0 Å². The number of rotatable bonds is 5. The average Bonchev–Trinajstić information content (AvgIpc) is 2.85. The van der Waals surface area contributed by atoms with Gasteiger partial charge in [-0.25, -0.2) is 0 Å². The summed E-state index contributed by atoms with van der Waals surface area (Å²) in [5.74, 6) is 0. The van der Waals surface area contributed by atoms with Crippen LogP contribution >= 0.6 is 0 Å². The highest BCUT2D eigenvalue weighted by Crippen LogP contribution is 2.37. The Balaban J connectivity index is 1.73. The maximum Gasteiger partial charge on any atom is 0.00993 e. The molecule has 2 aliphatic carbocycles. The van der Waals surface area contributed by atoms with Gasteiger partial charge in [0.15, 0.2) is 0 Å². The second-order valence-corrected chi connectivity index (χ2v) is 4.05. The third-order valence-electron chi connectivity index (χ3n) is 2.80. The smallest absolute Gasteiger partial charge is 0.00993 e. The molecule has 0 aromatic heterocycles. The monoisotopic (exact) mass is 153 g/mol. The molecule has 11 heavy (non-hydrogen) atoms. The maximum absolute atomic E-state index is 2.77. The van der Waals surface area contributed by atoms with E-state index < -0.39 is 0 Å². The van der Waals surface area contributed by atoms with Gasteiger partial charge in [0.25, 0.3) is 0 Å². The lowest BCUT2D eigenvalue weighted by atomic mass is 10.3. The lowest BCUT2D eigenvalue weighted by Gasteiger charge is -2.20. The first kappa shape index (κ1) is 7.60. The number of hydrogen-bond acceptors (Lipinski definition) is 1. The Morgan fingerprint density at radius 2 is 1.64 bits per heavy atom. The molecule has 0 unspecified atom stereocenters. The molecule has 0 amide bonds. The van der Waals surface area contributed by atoms with Crippen LogP contribution in [0.25, 0.3) is 0 Å². The molecule has 2 saturated carbocycles. The summed E-state index contributed by atoms with van der Waals surface area (Å²) < 4.78 is 0. The fourth-order valence-corrected chi connectivity index (χ4v) is 1.82. The van der Waals surface area contributed by atoms with E-state index in [1.54, 1.807) is 0 Å². The van der Waals surface area contributed by atoms with Gasteiger partial charge in [-0.2, -0.15) is 0 Å². The van der Waals surface area contributed by atoms with Crippen LogP contribution in [0.2, 0.25) is 0 Å². The van der Waals surface area contributed by atoms with Crippen LogP contribution in [0, 0.1) is 0 Å². The van der Waals surface area contributed by atoms with Crippen molar-refractivity contribution in [3.05, 3.63) is 0 Å². The van der Waals surface area contributed by atoms with Crippen LogP contribution in [0.1, 0.15) is 45.4 Å². The predicted molar refractivity (Wildman–Crippen MR) is 47.7 cm³/mol. The summed E-state index contributed by atoms with van der Waals surface area (Å²) in [6.07, 6.45) is 8.71. The van der Waals surface area contributed by atoms with Crippen LogP contribution in [-0.4, -0.2) is 23.5 Å². The topological polar surface area (TPSA) is 3.24 Å². The summed E-state index contributed by atoms with van der Waals surface area (Å²) >= 11 is 0. The molecule has 0 N–H and O–H groups in total. The van der Waals surface area contributed by atoms with Crippen molar-refractivity contribution in [2.75, 3.05) is 6.54 Å². The fraction of sp³-hybridized carbons (Fsp3) is 1.00. The van der Waals surface area contributed by atoms with E-state index >= 15 is 0 Å². The van der Waals surface area contributed by atoms with E-state index in [-0.39, 0.29) is 0 Å². The molecule has 0 saturated heterocycles. The molecule has 0 radical (unpaired) electrons. The van der Waals surface area contributed by atoms with Crippen LogP contribution in [0.3, 0.4) is 0 Å². The van der Waals surface area contributed by atoms with Crippen molar-refractivity contribution in [2.45, 2.75) is 57.5 Å². The zero-order valence-corrected chi connectivity index (χ0v) is 7.55. The van der Waals surface area contributed by atoms with Crippen LogP contribution < -0.4 is 0 Å². The van der Waals surface area contributed by atoms with Crippen molar-refractivity contribution in [2.24, 2.45) is 0 Å². The molecule has 0 atom stereocenters. The standard InChI is InChI=1S/C10H19N/c1-2-3-8-11(9-4-5-9)10-6-7-10/h9-10H,2-8H2,1H3. The van der Waals surface area contributed by atoms with Crippen molar-refractivity contribution in [1.29, 1.82) is 0 Å². The molecule has 0 aromatic carbocycles. The SMILES string of the molecule is CCCCN(C1CC1)C1CC1. The summed E-state index contributed by atoms with van der Waals surface area (Å²) in [6, 6.07) is 2.02. The third kappa shape index (κ3) is 1.96. The Morgan fingerprint density at radius 3 is 2.00 bits per heavy atom. The summed E-state index contributed by atoms with van der Waals surface area (Å²) in [5.41, 5.74) is 0. The van der Waals surface area contributed by atoms with Gasteiger partial charge in [-0.1, -0.05) is 13.3 Å². The van der Waals surface area contributed by atoms with Crippen LogP contribution in [0.15, 0.2) is 0 Å². The van der Waals surface area contributed by atoms with Gasteiger partial charge in [-0.05, 0) is 38.6 Å². The summed E-state index contributed by atoms with van der Waals surface area (Å²) in [5, 5.41) is 0. The quantitative estimate of drug-likeness (QED) is 0.586. The molecule has 64 valence electrons. The highest BCUT2D eigenvalue weighted by atomic mass is 15.2. The summed E-state index contributed by atoms with van der Waals surface area (Å²) in [7, 11) is 0. The largest absolute Gasteiger partial charge is 0.297 e. The number of hydrogen-bond donors (Lipinski definition) is 0. The highest BCUT2D eigenvalue weighted by Gasteiger charge is 2.38. The first-order valence-electron chi connectivity index (χ1n) is 5.17. The summed E-state index contributed by atoms with van der Waals surface area (Å²) in [6.45, 7) is 3.67. The average molecular weight is 153 g/mol. The van der Waals surface area contributed by atoms with Gasteiger partial charge in [-0.15, -0.1) is 0 Å². The van der Waals surface area contributed by atoms with Crippen LogP contribution in [0.4, 0.5) is 0 Å². The predicted octanol–water partition coefficient (Wildman–Crippen LogP) is 2.41. The van der Waals surface area contributed by atoms with Gasteiger partial charge in [0.1, 0.15) is 0 Å². The van der Waals surface area contributed by atoms with E-state index in [0.717, 1.165) is 12.1 Å². The van der Waals surface area contributed by atoms with Crippen molar-refractivity contribution in [1.82, 2.24) is 4.90 Å². The molecular formula is C10H19N. The molecule has 0 aliphatic heterocycles. The minimum absolute atomic E-state index is 1.01. The van der Waals surface area contributed by atoms with Gasteiger partial charge in [0, 0.05) is 12.1 Å². The van der Waals surface area contributed by atoms with Gasteiger partial charge in [-0.3, -0.25) is 4.90 Å². The Hall–Kier alpha value is -0.0400. The minimum atomic E-state index is 1.01. The Labute approximate surface area is 69.8 Å². The van der Waals surface area contributed by atoms with Gasteiger partial charge in [0.05, 0.1) is 0 Å². The van der Waals surface area contributed by atoms with Crippen molar-refractivity contribution in [3.63, 3.8) is 0 Å². The zero-order chi connectivity index (χ0) is 7.68. The third-order valence-corrected chi connectivity index (χ3v) is 2.80. The molecule has 2 fully saturated rings.